The molecule has 29 heavy (non-hydrogen) atoms. The van der Waals surface area contributed by atoms with Crippen LogP contribution in [-0.2, 0) is 23.7 Å². The van der Waals surface area contributed by atoms with Crippen LogP contribution in [0.1, 0.15) is 41.5 Å². The first-order chi connectivity index (χ1) is 13.2. The predicted octanol–water partition coefficient (Wildman–Crippen LogP) is 2.98. The molecule has 0 saturated carbocycles. The standard InChI is InChI=1S/C21H37NO6Si/c1-13(2)14(10-11-29(7,8)9)22(23)19-18-17(27-21(5,6)28-18)16(25-19)15-12-24-20(3,4)26-15/h13-19,23H,12H2,1-9H3/t14-,15+,16+,17-,18-,19-/m0/s1. The van der Waals surface area contributed by atoms with Crippen molar-refractivity contribution in [3.63, 3.8) is 0 Å². The van der Waals surface area contributed by atoms with Gasteiger partial charge in [-0.05, 0) is 33.6 Å². The summed E-state index contributed by atoms with van der Waals surface area (Å²) in [7, 11) is -1.58. The summed E-state index contributed by atoms with van der Waals surface area (Å²) in [6.07, 6.45) is -2.19. The van der Waals surface area contributed by atoms with Crippen molar-refractivity contribution >= 4 is 8.07 Å². The van der Waals surface area contributed by atoms with Gasteiger partial charge in [-0.15, -0.1) is 10.6 Å². The molecule has 0 bridgehead atoms. The van der Waals surface area contributed by atoms with Crippen LogP contribution in [0.5, 0.6) is 0 Å². The van der Waals surface area contributed by atoms with Gasteiger partial charge in [0.15, 0.2) is 17.8 Å². The van der Waals surface area contributed by atoms with Crippen molar-refractivity contribution in [1.82, 2.24) is 5.06 Å². The van der Waals surface area contributed by atoms with Crippen molar-refractivity contribution in [3.05, 3.63) is 0 Å². The summed E-state index contributed by atoms with van der Waals surface area (Å²) in [5, 5.41) is 12.4. The van der Waals surface area contributed by atoms with Crippen molar-refractivity contribution < 1.29 is 28.9 Å². The van der Waals surface area contributed by atoms with Crippen LogP contribution in [0.3, 0.4) is 0 Å². The number of fused-ring (bicyclic) bond motifs is 1. The molecular formula is C21H37NO6Si. The van der Waals surface area contributed by atoms with E-state index < -0.39 is 38.1 Å². The second-order valence-corrected chi connectivity index (χ2v) is 15.3. The number of hydrogen-bond donors (Lipinski definition) is 1. The van der Waals surface area contributed by atoms with Crippen LogP contribution in [0, 0.1) is 17.4 Å². The van der Waals surface area contributed by atoms with Crippen LogP contribution in [0.15, 0.2) is 0 Å². The molecule has 166 valence electrons. The minimum atomic E-state index is -1.58. The summed E-state index contributed by atoms with van der Waals surface area (Å²) in [6, 6.07) is -0.365. The largest absolute Gasteiger partial charge is 0.349 e. The fourth-order valence-corrected chi connectivity index (χ4v) is 4.56. The molecule has 6 atom stereocenters. The lowest BCUT2D eigenvalue weighted by atomic mass is 10.0. The summed E-state index contributed by atoms with van der Waals surface area (Å²) in [6.45, 7) is 18.6. The maximum atomic E-state index is 11.2. The summed E-state index contributed by atoms with van der Waals surface area (Å²) < 4.78 is 30.3. The van der Waals surface area contributed by atoms with Crippen molar-refractivity contribution in [3.8, 4) is 11.5 Å². The average molecular weight is 428 g/mol. The van der Waals surface area contributed by atoms with Crippen molar-refractivity contribution in [2.75, 3.05) is 6.61 Å². The Morgan fingerprint density at radius 3 is 2.10 bits per heavy atom. The molecule has 0 radical (unpaired) electrons. The van der Waals surface area contributed by atoms with E-state index in [-0.39, 0.29) is 24.2 Å². The predicted molar refractivity (Wildman–Crippen MR) is 111 cm³/mol. The van der Waals surface area contributed by atoms with Gasteiger partial charge in [-0.25, -0.2) is 0 Å². The van der Waals surface area contributed by atoms with Gasteiger partial charge in [-0.2, -0.15) is 0 Å². The molecule has 0 aromatic carbocycles. The Morgan fingerprint density at radius 1 is 0.966 bits per heavy atom. The highest BCUT2D eigenvalue weighted by atomic mass is 28.3. The first-order valence-corrected chi connectivity index (χ1v) is 14.0. The highest BCUT2D eigenvalue weighted by molar-refractivity contribution is 6.83. The molecule has 0 aromatic heterocycles. The zero-order chi connectivity index (χ0) is 21.8. The molecule has 3 aliphatic rings. The van der Waals surface area contributed by atoms with E-state index in [2.05, 4.69) is 31.1 Å². The fourth-order valence-electron chi connectivity index (χ4n) is 3.98. The highest BCUT2D eigenvalue weighted by Crippen LogP contribution is 2.43. The Balaban J connectivity index is 1.84. The van der Waals surface area contributed by atoms with Gasteiger partial charge in [0.05, 0.1) is 6.61 Å². The molecule has 3 rings (SSSR count). The van der Waals surface area contributed by atoms with Crippen LogP contribution in [0.25, 0.3) is 0 Å². The molecule has 0 amide bonds. The van der Waals surface area contributed by atoms with E-state index in [1.165, 1.54) is 5.06 Å². The quantitative estimate of drug-likeness (QED) is 0.420. The van der Waals surface area contributed by atoms with Crippen LogP contribution in [0.2, 0.25) is 19.6 Å². The third-order valence-electron chi connectivity index (χ3n) is 5.23. The summed E-state index contributed by atoms with van der Waals surface area (Å²) in [5.41, 5.74) is 3.38. The Labute approximate surface area is 175 Å². The van der Waals surface area contributed by atoms with Crippen molar-refractivity contribution in [2.24, 2.45) is 5.92 Å². The van der Waals surface area contributed by atoms with Gasteiger partial charge in [0.2, 0.25) is 0 Å². The monoisotopic (exact) mass is 427 g/mol. The van der Waals surface area contributed by atoms with Crippen LogP contribution < -0.4 is 0 Å². The van der Waals surface area contributed by atoms with Crippen molar-refractivity contribution in [2.45, 2.75) is 109 Å². The second kappa shape index (κ2) is 7.88. The molecule has 0 spiro atoms. The van der Waals surface area contributed by atoms with Gasteiger partial charge < -0.3 is 28.9 Å². The highest BCUT2D eigenvalue weighted by Gasteiger charge is 2.60. The van der Waals surface area contributed by atoms with E-state index in [4.69, 9.17) is 23.7 Å². The van der Waals surface area contributed by atoms with Gasteiger partial charge in [0.1, 0.15) is 38.5 Å². The second-order valence-electron chi connectivity index (χ2n) is 10.5. The van der Waals surface area contributed by atoms with E-state index in [0.29, 0.717) is 6.61 Å². The molecule has 1 N–H and O–H groups in total. The fraction of sp³-hybridized carbons (Fsp3) is 0.905. The Bertz CT molecular complexity index is 664. The number of hydroxylamine groups is 2. The molecule has 3 heterocycles. The number of ether oxygens (including phenoxy) is 5. The molecule has 0 aliphatic carbocycles. The van der Waals surface area contributed by atoms with Crippen LogP contribution in [0.4, 0.5) is 0 Å². The van der Waals surface area contributed by atoms with Gasteiger partial charge in [-0.1, -0.05) is 39.4 Å². The topological polar surface area (TPSA) is 69.6 Å². The molecule has 3 saturated heterocycles. The molecule has 8 heteroatoms. The Kier molecular flexibility index (Phi) is 6.29. The van der Waals surface area contributed by atoms with Gasteiger partial charge >= 0.3 is 0 Å². The van der Waals surface area contributed by atoms with E-state index in [1.54, 1.807) is 0 Å². The first-order valence-electron chi connectivity index (χ1n) is 10.5. The third kappa shape index (κ3) is 5.22. The molecule has 3 aliphatic heterocycles. The summed E-state index contributed by atoms with van der Waals surface area (Å²) in [4.78, 5) is 0. The first kappa shape index (κ1) is 23.2. The molecule has 7 nitrogen and oxygen atoms in total. The minimum absolute atomic E-state index is 0.116. The van der Waals surface area contributed by atoms with E-state index in [9.17, 15) is 5.21 Å². The Morgan fingerprint density at radius 2 is 1.59 bits per heavy atom. The molecule has 0 unspecified atom stereocenters. The maximum absolute atomic E-state index is 11.2. The van der Waals surface area contributed by atoms with Crippen molar-refractivity contribution in [1.29, 1.82) is 0 Å². The summed E-state index contributed by atoms with van der Waals surface area (Å²) in [5.74, 6) is 1.98. The minimum Gasteiger partial charge on any atom is -0.349 e. The van der Waals surface area contributed by atoms with Crippen LogP contribution in [-0.4, -0.2) is 73.2 Å². The van der Waals surface area contributed by atoms with Crippen LogP contribution >= 0.6 is 0 Å². The smallest absolute Gasteiger partial charge is 0.164 e. The zero-order valence-electron chi connectivity index (χ0n) is 19.2. The lowest BCUT2D eigenvalue weighted by molar-refractivity contribution is -0.281. The molecular weight excluding hydrogens is 390 g/mol. The van der Waals surface area contributed by atoms with E-state index >= 15 is 0 Å². The lowest BCUT2D eigenvalue weighted by Gasteiger charge is -2.33. The van der Waals surface area contributed by atoms with E-state index in [0.717, 1.165) is 0 Å². The van der Waals surface area contributed by atoms with Gasteiger partial charge in [0.25, 0.3) is 0 Å². The molecule has 3 fully saturated rings. The number of hydrogen-bond acceptors (Lipinski definition) is 7. The van der Waals surface area contributed by atoms with E-state index in [1.807, 2.05) is 41.5 Å². The normalized spacial score (nSPS) is 36.9. The number of rotatable bonds is 4. The van der Waals surface area contributed by atoms with Gasteiger partial charge in [0, 0.05) is 0 Å². The lowest BCUT2D eigenvalue weighted by Crippen LogP contribution is -2.49. The number of nitrogens with zero attached hydrogens (tertiary/aromatic N) is 1. The zero-order valence-corrected chi connectivity index (χ0v) is 20.2. The summed E-state index contributed by atoms with van der Waals surface area (Å²) >= 11 is 0. The SMILES string of the molecule is CC(C)[C@H](C#C[Si](C)(C)C)N(O)[C@H]1O[C@H]([C@H]2COC(C)(C)O2)[C@@H]2OC(C)(C)O[C@@H]21. The third-order valence-corrected chi connectivity index (χ3v) is 6.13. The molecule has 0 aromatic rings. The Hall–Kier alpha value is -0.503. The maximum Gasteiger partial charge on any atom is 0.164 e. The van der Waals surface area contributed by atoms with Gasteiger partial charge in [-0.3, -0.25) is 0 Å². The average Bonchev–Trinajstić information content (AvgIpc) is 3.15.